The molecule has 0 aromatic rings. The molecule has 0 spiro atoms. The van der Waals surface area contributed by atoms with Crippen molar-refractivity contribution in [3.8, 4) is 0 Å². The Balaban J connectivity index is 3.52. The van der Waals surface area contributed by atoms with Gasteiger partial charge in [0, 0.05) is 12.8 Å². The number of rotatable bonds is 5. The third-order valence-electron chi connectivity index (χ3n) is 1.91. The van der Waals surface area contributed by atoms with Gasteiger partial charge in [0.2, 0.25) is 0 Å². The highest BCUT2D eigenvalue weighted by molar-refractivity contribution is 5.78. The summed E-state index contributed by atoms with van der Waals surface area (Å²) in [6.07, 6.45) is 2.64. The Labute approximate surface area is 70.2 Å². The van der Waals surface area contributed by atoms with E-state index in [9.17, 15) is 4.79 Å². The molecule has 0 aliphatic carbocycles. The smallest absolute Gasteiger partial charge is 0.133 e. The molecule has 0 heterocycles. The van der Waals surface area contributed by atoms with Gasteiger partial charge in [0.1, 0.15) is 5.78 Å². The predicted molar refractivity (Wildman–Crippen MR) is 48.5 cm³/mol. The van der Waals surface area contributed by atoms with Crippen LogP contribution in [0.5, 0.6) is 0 Å². The molecule has 11 heavy (non-hydrogen) atoms. The van der Waals surface area contributed by atoms with Crippen molar-refractivity contribution >= 4 is 5.78 Å². The molecule has 0 N–H and O–H groups in total. The van der Waals surface area contributed by atoms with Crippen molar-refractivity contribution < 1.29 is 4.79 Å². The van der Waals surface area contributed by atoms with Gasteiger partial charge in [0.15, 0.2) is 0 Å². The maximum Gasteiger partial charge on any atom is 0.133 e. The third kappa shape index (κ3) is 6.08. The molecule has 0 aliphatic rings. The number of Topliss-reactive ketones (excluding diaryl/α,β-unsaturated/α-hetero) is 1. The normalized spacial score (nSPS) is 13.5. The molecule has 0 saturated carbocycles. The lowest BCUT2D eigenvalue weighted by molar-refractivity contribution is -0.120. The maximum absolute atomic E-state index is 11.2. The first-order chi connectivity index (χ1) is 5.06. The first-order valence-corrected chi connectivity index (χ1v) is 4.58. The molecule has 0 unspecified atom stereocenters. The summed E-state index contributed by atoms with van der Waals surface area (Å²) in [7, 11) is 0. The minimum absolute atomic E-state index is 0.425. The fraction of sp³-hybridized carbons (Fsp3) is 0.900. The molecule has 1 heteroatoms. The van der Waals surface area contributed by atoms with Crippen LogP contribution in [0.2, 0.25) is 0 Å². The summed E-state index contributed by atoms with van der Waals surface area (Å²) in [5.74, 6) is 1.52. The lowest BCUT2D eigenvalue weighted by Crippen LogP contribution is -2.07. The molecule has 0 bridgehead atoms. The fourth-order valence-electron chi connectivity index (χ4n) is 1.07. The van der Waals surface area contributed by atoms with Gasteiger partial charge >= 0.3 is 0 Å². The van der Waals surface area contributed by atoms with Crippen LogP contribution in [-0.4, -0.2) is 5.78 Å². The lowest BCUT2D eigenvalue weighted by Gasteiger charge is -2.08. The molecule has 0 saturated heterocycles. The first kappa shape index (κ1) is 10.7. The van der Waals surface area contributed by atoms with E-state index in [1.807, 2.05) is 0 Å². The molecule has 0 aliphatic heterocycles. The molecular weight excluding hydrogens is 136 g/mol. The van der Waals surface area contributed by atoms with Crippen molar-refractivity contribution in [2.75, 3.05) is 0 Å². The van der Waals surface area contributed by atoms with Gasteiger partial charge in [0.25, 0.3) is 0 Å². The van der Waals surface area contributed by atoms with Gasteiger partial charge in [-0.3, -0.25) is 4.79 Å². The minimum atomic E-state index is 0.425. The highest BCUT2D eigenvalue weighted by atomic mass is 16.1. The lowest BCUT2D eigenvalue weighted by atomic mass is 9.97. The Morgan fingerprint density at radius 1 is 1.18 bits per heavy atom. The first-order valence-electron chi connectivity index (χ1n) is 4.58. The molecule has 0 fully saturated rings. The van der Waals surface area contributed by atoms with Gasteiger partial charge in [-0.1, -0.05) is 34.1 Å². The molecule has 1 atom stereocenters. The van der Waals surface area contributed by atoms with Crippen LogP contribution in [0.1, 0.15) is 47.0 Å². The van der Waals surface area contributed by atoms with Crippen LogP contribution in [0.3, 0.4) is 0 Å². The third-order valence-corrected chi connectivity index (χ3v) is 1.91. The topological polar surface area (TPSA) is 17.1 Å². The number of hydrogen-bond donors (Lipinski definition) is 0. The van der Waals surface area contributed by atoms with Crippen LogP contribution >= 0.6 is 0 Å². The van der Waals surface area contributed by atoms with E-state index in [1.54, 1.807) is 0 Å². The Morgan fingerprint density at radius 2 is 1.73 bits per heavy atom. The second-order valence-electron chi connectivity index (χ2n) is 3.85. The molecule has 0 rings (SSSR count). The van der Waals surface area contributed by atoms with Gasteiger partial charge in [-0.2, -0.15) is 0 Å². The van der Waals surface area contributed by atoms with E-state index in [4.69, 9.17) is 0 Å². The second kappa shape index (κ2) is 5.34. The SMILES string of the molecule is CC[C@H](C)CC(=O)CC(C)C. The molecule has 0 aromatic carbocycles. The molecular formula is C10H20O. The summed E-state index contributed by atoms with van der Waals surface area (Å²) in [6.45, 7) is 8.45. The van der Waals surface area contributed by atoms with Gasteiger partial charge in [-0.25, -0.2) is 0 Å². The quantitative estimate of drug-likeness (QED) is 0.598. The van der Waals surface area contributed by atoms with Crippen molar-refractivity contribution in [3.05, 3.63) is 0 Å². The average molecular weight is 156 g/mol. The summed E-state index contributed by atoms with van der Waals surface area (Å²) in [5.41, 5.74) is 0. The zero-order valence-electron chi connectivity index (χ0n) is 8.18. The number of hydrogen-bond acceptors (Lipinski definition) is 1. The van der Waals surface area contributed by atoms with Crippen LogP contribution < -0.4 is 0 Å². The monoisotopic (exact) mass is 156 g/mol. The molecule has 0 radical (unpaired) electrons. The molecule has 0 amide bonds. The van der Waals surface area contributed by atoms with Crippen molar-refractivity contribution in [3.63, 3.8) is 0 Å². The Kier molecular flexibility index (Phi) is 5.18. The Hall–Kier alpha value is -0.330. The van der Waals surface area contributed by atoms with E-state index >= 15 is 0 Å². The van der Waals surface area contributed by atoms with E-state index in [0.717, 1.165) is 19.3 Å². The highest BCUT2D eigenvalue weighted by Gasteiger charge is 2.08. The van der Waals surface area contributed by atoms with Crippen molar-refractivity contribution in [2.45, 2.75) is 47.0 Å². The van der Waals surface area contributed by atoms with Crippen LogP contribution in [0.25, 0.3) is 0 Å². The fourth-order valence-corrected chi connectivity index (χ4v) is 1.07. The van der Waals surface area contributed by atoms with Gasteiger partial charge < -0.3 is 0 Å². The zero-order chi connectivity index (χ0) is 8.85. The van der Waals surface area contributed by atoms with E-state index in [2.05, 4.69) is 27.7 Å². The van der Waals surface area contributed by atoms with E-state index in [0.29, 0.717) is 17.6 Å². The van der Waals surface area contributed by atoms with E-state index < -0.39 is 0 Å². The summed E-state index contributed by atoms with van der Waals surface area (Å²) < 4.78 is 0. The molecule has 0 aromatic heterocycles. The van der Waals surface area contributed by atoms with Crippen LogP contribution in [0.15, 0.2) is 0 Å². The molecule has 1 nitrogen and oxygen atoms in total. The minimum Gasteiger partial charge on any atom is -0.300 e. The van der Waals surface area contributed by atoms with Gasteiger partial charge in [-0.05, 0) is 11.8 Å². The Morgan fingerprint density at radius 3 is 2.09 bits per heavy atom. The Bertz CT molecular complexity index is 116. The number of carbonyl (C=O) groups excluding carboxylic acids is 1. The summed E-state index contributed by atoms with van der Waals surface area (Å²) in [4.78, 5) is 11.2. The van der Waals surface area contributed by atoms with Gasteiger partial charge in [0.05, 0.1) is 0 Å². The predicted octanol–water partition coefficient (Wildman–Crippen LogP) is 3.04. The van der Waals surface area contributed by atoms with E-state index in [1.165, 1.54) is 0 Å². The van der Waals surface area contributed by atoms with Crippen LogP contribution in [-0.2, 0) is 4.79 Å². The largest absolute Gasteiger partial charge is 0.300 e. The summed E-state index contributed by atoms with van der Waals surface area (Å²) in [6, 6.07) is 0. The van der Waals surface area contributed by atoms with Crippen molar-refractivity contribution in [1.82, 2.24) is 0 Å². The summed E-state index contributed by atoms with van der Waals surface area (Å²) >= 11 is 0. The average Bonchev–Trinajstić information content (AvgIpc) is 1.85. The van der Waals surface area contributed by atoms with E-state index in [-0.39, 0.29) is 0 Å². The number of ketones is 1. The zero-order valence-corrected chi connectivity index (χ0v) is 8.18. The molecule has 66 valence electrons. The van der Waals surface area contributed by atoms with Crippen molar-refractivity contribution in [2.24, 2.45) is 11.8 Å². The van der Waals surface area contributed by atoms with Gasteiger partial charge in [-0.15, -0.1) is 0 Å². The van der Waals surface area contributed by atoms with Crippen LogP contribution in [0.4, 0.5) is 0 Å². The van der Waals surface area contributed by atoms with Crippen molar-refractivity contribution in [1.29, 1.82) is 0 Å². The highest BCUT2D eigenvalue weighted by Crippen LogP contribution is 2.11. The van der Waals surface area contributed by atoms with Crippen LogP contribution in [0, 0.1) is 11.8 Å². The number of carbonyl (C=O) groups is 1. The summed E-state index contributed by atoms with van der Waals surface area (Å²) in [5, 5.41) is 0. The maximum atomic E-state index is 11.2. The second-order valence-corrected chi connectivity index (χ2v) is 3.85. The standard InChI is InChI=1S/C10H20O/c1-5-9(4)7-10(11)6-8(2)3/h8-9H,5-7H2,1-4H3/t9-/m0/s1.